The monoisotopic (exact) mass is 539 g/mol. The zero-order chi connectivity index (χ0) is 26.1. The molecule has 2 atom stereocenters. The molecule has 3 heterocycles. The second-order valence-corrected chi connectivity index (χ2v) is 10.4. The highest BCUT2D eigenvalue weighted by atomic mass is 35.5. The third-order valence-corrected chi connectivity index (χ3v) is 7.11. The summed E-state index contributed by atoms with van der Waals surface area (Å²) in [5.74, 6) is 0.561. The number of halogens is 1. The van der Waals surface area contributed by atoms with E-state index in [9.17, 15) is 8.42 Å². The van der Waals surface area contributed by atoms with E-state index in [-0.39, 0.29) is 25.0 Å². The smallest absolute Gasteiger partial charge is 0.240 e. The van der Waals surface area contributed by atoms with Gasteiger partial charge >= 0.3 is 0 Å². The number of ether oxygens (including phenoxy) is 3. The Morgan fingerprint density at radius 3 is 2.36 bits per heavy atom. The van der Waals surface area contributed by atoms with Gasteiger partial charge in [-0.3, -0.25) is 14.3 Å². The van der Waals surface area contributed by atoms with Gasteiger partial charge < -0.3 is 14.2 Å². The molecule has 196 valence electrons. The van der Waals surface area contributed by atoms with Crippen molar-refractivity contribution in [3.8, 4) is 11.5 Å². The molecule has 1 N–H and O–H groups in total. The fourth-order valence-corrected chi connectivity index (χ4v) is 4.68. The van der Waals surface area contributed by atoms with Gasteiger partial charge in [0.2, 0.25) is 16.0 Å². The van der Waals surface area contributed by atoms with Crippen LogP contribution in [0.25, 0.3) is 11.5 Å². The number of hydrogen-bond acceptors (Lipinski definition) is 10. The van der Waals surface area contributed by atoms with E-state index in [0.717, 1.165) is 0 Å². The van der Waals surface area contributed by atoms with Crippen LogP contribution in [0.2, 0.25) is 5.02 Å². The first-order chi connectivity index (χ1) is 17.3. The summed E-state index contributed by atoms with van der Waals surface area (Å²) in [5, 5.41) is 7.60. The highest BCUT2D eigenvalue weighted by Crippen LogP contribution is 2.29. The van der Waals surface area contributed by atoms with E-state index in [4.69, 9.17) is 25.8 Å². The lowest BCUT2D eigenvalue weighted by Gasteiger charge is -2.25. The second kappa shape index (κ2) is 13.0. The number of rotatable bonds is 14. The summed E-state index contributed by atoms with van der Waals surface area (Å²) in [5.41, 5.74) is 0.513. The van der Waals surface area contributed by atoms with Crippen molar-refractivity contribution >= 4 is 27.6 Å². The molecular formula is C22H30ClN7O5S. The zero-order valence-electron chi connectivity index (χ0n) is 20.5. The molecular weight excluding hydrogens is 510 g/mol. The molecule has 0 saturated carbocycles. The molecule has 0 unspecified atom stereocenters. The molecule has 0 aliphatic rings. The van der Waals surface area contributed by atoms with Crippen LogP contribution in [-0.2, 0) is 24.2 Å². The van der Waals surface area contributed by atoms with Gasteiger partial charge in [0.05, 0.1) is 24.3 Å². The van der Waals surface area contributed by atoms with Crippen LogP contribution in [0.3, 0.4) is 0 Å². The zero-order valence-corrected chi connectivity index (χ0v) is 22.1. The van der Waals surface area contributed by atoms with Gasteiger partial charge in [0.1, 0.15) is 17.0 Å². The van der Waals surface area contributed by atoms with E-state index in [0.29, 0.717) is 29.6 Å². The van der Waals surface area contributed by atoms with Gasteiger partial charge in [-0.2, -0.15) is 0 Å². The first-order valence-corrected chi connectivity index (χ1v) is 13.2. The Morgan fingerprint density at radius 2 is 1.78 bits per heavy atom. The molecule has 36 heavy (non-hydrogen) atoms. The third kappa shape index (κ3) is 6.73. The second-order valence-electron chi connectivity index (χ2n) is 7.90. The summed E-state index contributed by atoms with van der Waals surface area (Å²) in [4.78, 5) is 12.7. The van der Waals surface area contributed by atoms with Crippen LogP contribution < -0.4 is 4.72 Å². The topological polar surface area (TPSA) is 143 Å². The van der Waals surface area contributed by atoms with Crippen molar-refractivity contribution in [1.82, 2.24) is 29.7 Å². The summed E-state index contributed by atoms with van der Waals surface area (Å²) in [6.45, 7) is 4.20. The normalized spacial score (nSPS) is 13.6. The predicted molar refractivity (Wildman–Crippen MR) is 134 cm³/mol. The van der Waals surface area contributed by atoms with Crippen LogP contribution in [0.4, 0.5) is 5.95 Å². The van der Waals surface area contributed by atoms with Crippen LogP contribution in [-0.4, -0.2) is 77.4 Å². The molecule has 0 amide bonds. The molecule has 0 bridgehead atoms. The fourth-order valence-electron chi connectivity index (χ4n) is 3.48. The van der Waals surface area contributed by atoms with E-state index < -0.39 is 27.4 Å². The summed E-state index contributed by atoms with van der Waals surface area (Å²) in [6, 6.07) is 4.89. The van der Waals surface area contributed by atoms with Gasteiger partial charge in [-0.1, -0.05) is 24.6 Å². The minimum atomic E-state index is -4.07. The molecule has 0 radical (unpaired) electrons. The summed E-state index contributed by atoms with van der Waals surface area (Å²) in [7, 11) is -0.984. The highest BCUT2D eigenvalue weighted by molar-refractivity contribution is 7.93. The van der Waals surface area contributed by atoms with E-state index in [1.165, 1.54) is 19.3 Å². The molecule has 3 aromatic heterocycles. The first kappa shape index (κ1) is 27.9. The highest BCUT2D eigenvalue weighted by Gasteiger charge is 2.35. The Morgan fingerprint density at radius 1 is 1.08 bits per heavy atom. The third-order valence-electron chi connectivity index (χ3n) is 5.22. The lowest BCUT2D eigenvalue weighted by atomic mass is 10.2. The van der Waals surface area contributed by atoms with E-state index in [2.05, 4.69) is 29.9 Å². The minimum Gasteiger partial charge on any atom is -0.382 e. The molecule has 0 aliphatic carbocycles. The van der Waals surface area contributed by atoms with E-state index >= 15 is 0 Å². The fraction of sp³-hybridized carbons (Fsp3) is 0.500. The Balaban J connectivity index is 2.00. The van der Waals surface area contributed by atoms with Gasteiger partial charge in [-0.15, -0.1) is 10.2 Å². The van der Waals surface area contributed by atoms with E-state index in [1.807, 2.05) is 6.92 Å². The van der Waals surface area contributed by atoms with Crippen LogP contribution in [0.1, 0.15) is 38.2 Å². The van der Waals surface area contributed by atoms with Crippen LogP contribution in [0, 0.1) is 0 Å². The van der Waals surface area contributed by atoms with Crippen molar-refractivity contribution in [2.75, 3.05) is 38.8 Å². The van der Waals surface area contributed by atoms with Gasteiger partial charge in [0.15, 0.2) is 11.6 Å². The van der Waals surface area contributed by atoms with Crippen molar-refractivity contribution in [1.29, 1.82) is 0 Å². The molecule has 0 aromatic carbocycles. The molecule has 0 saturated heterocycles. The Bertz CT molecular complexity index is 1190. The standard InChI is InChI=1S/C22H30ClN7O5S/c1-5-10-35-19(20-25-11-16(23)12-26-20)15(2)36(31,32)29-22-28-27-21(18-8-6-7-9-24-18)30(22)17(13-33-3)14-34-4/h6-9,11-12,15,17,19H,5,10,13-14H2,1-4H3,(H,28,29)/t15-,19+/m0/s1. The van der Waals surface area contributed by atoms with Crippen molar-refractivity contribution in [3.05, 3.63) is 47.6 Å². The lowest BCUT2D eigenvalue weighted by molar-refractivity contribution is 0.0466. The Kier molecular flexibility index (Phi) is 10.1. The largest absolute Gasteiger partial charge is 0.382 e. The summed E-state index contributed by atoms with van der Waals surface area (Å²) >= 11 is 5.91. The van der Waals surface area contributed by atoms with Crippen molar-refractivity contribution in [3.63, 3.8) is 0 Å². The van der Waals surface area contributed by atoms with Crippen molar-refractivity contribution in [2.24, 2.45) is 0 Å². The molecule has 0 aliphatic heterocycles. The Hall–Kier alpha value is -2.71. The number of hydrogen-bond donors (Lipinski definition) is 1. The number of nitrogens with one attached hydrogen (secondary N) is 1. The van der Waals surface area contributed by atoms with Crippen LogP contribution in [0.15, 0.2) is 36.8 Å². The van der Waals surface area contributed by atoms with Crippen molar-refractivity contribution < 1.29 is 22.6 Å². The van der Waals surface area contributed by atoms with Crippen molar-refractivity contribution in [2.45, 2.75) is 37.7 Å². The average molecular weight is 540 g/mol. The number of pyridine rings is 1. The van der Waals surface area contributed by atoms with Crippen LogP contribution >= 0.6 is 11.6 Å². The van der Waals surface area contributed by atoms with Crippen LogP contribution in [0.5, 0.6) is 0 Å². The quantitative estimate of drug-likeness (QED) is 0.324. The predicted octanol–water partition coefficient (Wildman–Crippen LogP) is 2.92. The SMILES string of the molecule is CCCO[C@@H](c1ncc(Cl)cn1)[C@H](C)S(=O)(=O)Nc1nnc(-c2ccccn2)n1C(COC)COC. The maximum Gasteiger partial charge on any atom is 0.240 e. The van der Waals surface area contributed by atoms with E-state index in [1.54, 1.807) is 43.2 Å². The maximum absolute atomic E-state index is 13.5. The number of sulfonamides is 1. The Labute approximate surface area is 215 Å². The first-order valence-electron chi connectivity index (χ1n) is 11.3. The molecule has 12 nitrogen and oxygen atoms in total. The molecule has 0 fully saturated rings. The van der Waals surface area contributed by atoms with Gasteiger partial charge in [-0.05, 0) is 25.5 Å². The molecule has 3 rings (SSSR count). The lowest BCUT2D eigenvalue weighted by Crippen LogP contribution is -2.35. The number of methoxy groups -OCH3 is 2. The number of anilines is 1. The summed E-state index contributed by atoms with van der Waals surface area (Å²) in [6.07, 6.45) is 4.15. The molecule has 3 aromatic rings. The maximum atomic E-state index is 13.5. The average Bonchev–Trinajstić information content (AvgIpc) is 3.28. The van der Waals surface area contributed by atoms with Gasteiger partial charge in [0.25, 0.3) is 0 Å². The van der Waals surface area contributed by atoms with Gasteiger partial charge in [-0.25, -0.2) is 18.4 Å². The number of nitrogens with zero attached hydrogens (tertiary/aromatic N) is 6. The summed E-state index contributed by atoms with van der Waals surface area (Å²) < 4.78 is 47.8. The molecule has 0 spiro atoms. The van der Waals surface area contributed by atoms with Gasteiger partial charge in [0, 0.05) is 39.4 Å². The number of aromatic nitrogens is 6. The minimum absolute atomic E-state index is 0.00660. The molecule has 14 heteroatoms.